The number of thiophene rings is 1. The standard InChI is InChI=1S/C13H16BrN3S/c1-15-7-11-6-12(3-4-16-11)17(2)8-13-5-10(14)9-18-13/h3-6,9,15H,7-8H2,1-2H3. The lowest BCUT2D eigenvalue weighted by Gasteiger charge is -2.18. The molecule has 5 heteroatoms. The van der Waals surface area contributed by atoms with E-state index in [0.29, 0.717) is 0 Å². The van der Waals surface area contributed by atoms with E-state index in [-0.39, 0.29) is 0 Å². The highest BCUT2D eigenvalue weighted by atomic mass is 79.9. The average Bonchev–Trinajstić information content (AvgIpc) is 2.75. The third-order valence-electron chi connectivity index (χ3n) is 2.61. The molecule has 0 saturated heterocycles. The Labute approximate surface area is 120 Å². The average molecular weight is 326 g/mol. The summed E-state index contributed by atoms with van der Waals surface area (Å²) in [5, 5.41) is 5.23. The molecule has 3 nitrogen and oxygen atoms in total. The molecule has 2 aromatic heterocycles. The minimum atomic E-state index is 0.798. The molecule has 0 aromatic carbocycles. The van der Waals surface area contributed by atoms with E-state index in [9.17, 15) is 0 Å². The number of halogens is 1. The second-order valence-electron chi connectivity index (χ2n) is 4.12. The zero-order valence-electron chi connectivity index (χ0n) is 10.5. The van der Waals surface area contributed by atoms with Gasteiger partial charge in [0, 0.05) is 40.2 Å². The molecule has 0 atom stereocenters. The van der Waals surface area contributed by atoms with Gasteiger partial charge in [-0.15, -0.1) is 11.3 Å². The Morgan fingerprint density at radius 3 is 2.94 bits per heavy atom. The van der Waals surface area contributed by atoms with Crippen molar-refractivity contribution in [3.8, 4) is 0 Å². The summed E-state index contributed by atoms with van der Waals surface area (Å²) in [6.07, 6.45) is 1.86. The van der Waals surface area contributed by atoms with Gasteiger partial charge >= 0.3 is 0 Å². The van der Waals surface area contributed by atoms with Crippen molar-refractivity contribution in [3.05, 3.63) is 44.8 Å². The fraction of sp³-hybridized carbons (Fsp3) is 0.308. The van der Waals surface area contributed by atoms with E-state index in [2.05, 4.69) is 55.7 Å². The first kappa shape index (κ1) is 13.5. The van der Waals surface area contributed by atoms with Crippen LogP contribution in [0.1, 0.15) is 10.6 Å². The predicted octanol–water partition coefficient (Wildman–Crippen LogP) is 3.26. The van der Waals surface area contributed by atoms with Gasteiger partial charge in [-0.05, 0) is 41.2 Å². The van der Waals surface area contributed by atoms with Crippen LogP contribution in [0, 0.1) is 0 Å². The first-order valence-electron chi connectivity index (χ1n) is 5.72. The van der Waals surface area contributed by atoms with E-state index in [4.69, 9.17) is 0 Å². The maximum absolute atomic E-state index is 4.33. The van der Waals surface area contributed by atoms with Crippen LogP contribution < -0.4 is 10.2 Å². The summed E-state index contributed by atoms with van der Waals surface area (Å²) in [7, 11) is 4.04. The lowest BCUT2D eigenvalue weighted by atomic mass is 10.3. The minimum Gasteiger partial charge on any atom is -0.369 e. The van der Waals surface area contributed by atoms with E-state index >= 15 is 0 Å². The molecule has 2 aromatic rings. The quantitative estimate of drug-likeness (QED) is 0.914. The van der Waals surface area contributed by atoms with Gasteiger partial charge in [0.05, 0.1) is 12.2 Å². The van der Waals surface area contributed by atoms with Crippen LogP contribution in [0.25, 0.3) is 0 Å². The summed E-state index contributed by atoms with van der Waals surface area (Å²) in [6, 6.07) is 6.33. The molecule has 18 heavy (non-hydrogen) atoms. The molecule has 0 aliphatic carbocycles. The van der Waals surface area contributed by atoms with E-state index in [1.165, 1.54) is 10.6 Å². The number of pyridine rings is 1. The molecule has 0 spiro atoms. The molecule has 0 fully saturated rings. The second-order valence-corrected chi connectivity index (χ2v) is 6.03. The Balaban J connectivity index is 2.08. The molecule has 2 heterocycles. The topological polar surface area (TPSA) is 28.2 Å². The largest absolute Gasteiger partial charge is 0.369 e. The monoisotopic (exact) mass is 325 g/mol. The van der Waals surface area contributed by atoms with Crippen LogP contribution in [0.3, 0.4) is 0 Å². The Bertz CT molecular complexity index is 512. The summed E-state index contributed by atoms with van der Waals surface area (Å²) in [6.45, 7) is 1.71. The van der Waals surface area contributed by atoms with Gasteiger partial charge in [-0.25, -0.2) is 0 Å². The molecule has 0 unspecified atom stereocenters. The maximum Gasteiger partial charge on any atom is 0.0562 e. The van der Waals surface area contributed by atoms with E-state index in [1.807, 2.05) is 19.3 Å². The van der Waals surface area contributed by atoms with Gasteiger partial charge in [0.15, 0.2) is 0 Å². The maximum atomic E-state index is 4.33. The summed E-state index contributed by atoms with van der Waals surface area (Å²) in [5.74, 6) is 0. The van der Waals surface area contributed by atoms with Gasteiger partial charge in [-0.3, -0.25) is 4.98 Å². The molecule has 0 amide bonds. The highest BCUT2D eigenvalue weighted by Gasteiger charge is 2.05. The summed E-state index contributed by atoms with van der Waals surface area (Å²) < 4.78 is 1.15. The fourth-order valence-corrected chi connectivity index (χ4v) is 3.25. The van der Waals surface area contributed by atoms with Crippen molar-refractivity contribution < 1.29 is 0 Å². The number of hydrogen-bond acceptors (Lipinski definition) is 4. The summed E-state index contributed by atoms with van der Waals surface area (Å²) >= 11 is 5.25. The highest BCUT2D eigenvalue weighted by Crippen LogP contribution is 2.23. The van der Waals surface area contributed by atoms with Crippen LogP contribution in [0.4, 0.5) is 5.69 Å². The van der Waals surface area contributed by atoms with E-state index in [1.54, 1.807) is 11.3 Å². The number of hydrogen-bond donors (Lipinski definition) is 1. The van der Waals surface area contributed by atoms with Gasteiger partial charge in [0.1, 0.15) is 0 Å². The zero-order valence-corrected chi connectivity index (χ0v) is 12.9. The summed E-state index contributed by atoms with van der Waals surface area (Å²) in [4.78, 5) is 7.91. The van der Waals surface area contributed by atoms with Gasteiger partial charge in [0.25, 0.3) is 0 Å². The van der Waals surface area contributed by atoms with Crippen LogP contribution in [0.2, 0.25) is 0 Å². The van der Waals surface area contributed by atoms with Crippen LogP contribution in [-0.4, -0.2) is 19.1 Å². The molecule has 96 valence electrons. The second kappa shape index (κ2) is 6.31. The lowest BCUT2D eigenvalue weighted by Crippen LogP contribution is -2.16. The Morgan fingerprint density at radius 1 is 1.44 bits per heavy atom. The van der Waals surface area contributed by atoms with Crippen molar-refractivity contribution in [1.29, 1.82) is 0 Å². The van der Waals surface area contributed by atoms with Crippen molar-refractivity contribution in [2.45, 2.75) is 13.1 Å². The molecule has 0 aliphatic rings. The predicted molar refractivity (Wildman–Crippen MR) is 81.1 cm³/mol. The first-order chi connectivity index (χ1) is 8.69. The Hall–Kier alpha value is -0.910. The number of aromatic nitrogens is 1. The van der Waals surface area contributed by atoms with Gasteiger partial charge in [-0.1, -0.05) is 0 Å². The molecule has 0 aliphatic heterocycles. The van der Waals surface area contributed by atoms with Crippen molar-refractivity contribution in [2.24, 2.45) is 0 Å². The van der Waals surface area contributed by atoms with Crippen molar-refractivity contribution in [3.63, 3.8) is 0 Å². The van der Waals surface area contributed by atoms with Crippen molar-refractivity contribution in [1.82, 2.24) is 10.3 Å². The first-order valence-corrected chi connectivity index (χ1v) is 7.40. The molecular weight excluding hydrogens is 310 g/mol. The normalized spacial score (nSPS) is 10.6. The number of nitrogens with zero attached hydrogens (tertiary/aromatic N) is 2. The highest BCUT2D eigenvalue weighted by molar-refractivity contribution is 9.10. The molecule has 0 saturated carbocycles. The third-order valence-corrected chi connectivity index (χ3v) is 4.30. The fourth-order valence-electron chi connectivity index (χ4n) is 1.74. The van der Waals surface area contributed by atoms with E-state index < -0.39 is 0 Å². The molecule has 0 bridgehead atoms. The zero-order chi connectivity index (χ0) is 13.0. The molecule has 1 N–H and O–H groups in total. The van der Waals surface area contributed by atoms with Crippen LogP contribution in [0.15, 0.2) is 34.2 Å². The summed E-state index contributed by atoms with van der Waals surface area (Å²) in [5.41, 5.74) is 2.26. The van der Waals surface area contributed by atoms with E-state index in [0.717, 1.165) is 23.3 Å². The van der Waals surface area contributed by atoms with Crippen LogP contribution in [0.5, 0.6) is 0 Å². The molecule has 0 radical (unpaired) electrons. The van der Waals surface area contributed by atoms with Crippen molar-refractivity contribution in [2.75, 3.05) is 19.0 Å². The van der Waals surface area contributed by atoms with Gasteiger partial charge in [-0.2, -0.15) is 0 Å². The third kappa shape index (κ3) is 3.54. The SMILES string of the molecule is CNCc1cc(N(C)Cc2cc(Br)cs2)ccn1. The van der Waals surface area contributed by atoms with Crippen molar-refractivity contribution >= 4 is 33.0 Å². The lowest BCUT2D eigenvalue weighted by molar-refractivity contribution is 0.789. The minimum absolute atomic E-state index is 0.798. The smallest absolute Gasteiger partial charge is 0.0562 e. The molecular formula is C13H16BrN3S. The number of nitrogens with one attached hydrogen (secondary N) is 1. The van der Waals surface area contributed by atoms with Crippen LogP contribution >= 0.6 is 27.3 Å². The van der Waals surface area contributed by atoms with Crippen LogP contribution in [-0.2, 0) is 13.1 Å². The molecule has 2 rings (SSSR count). The van der Waals surface area contributed by atoms with Gasteiger partial charge < -0.3 is 10.2 Å². The Kier molecular flexibility index (Phi) is 4.74. The number of anilines is 1. The number of rotatable bonds is 5. The van der Waals surface area contributed by atoms with Gasteiger partial charge in [0.2, 0.25) is 0 Å². The Morgan fingerprint density at radius 2 is 2.28 bits per heavy atom.